The second-order valence-electron chi connectivity index (χ2n) is 5.11. The van der Waals surface area contributed by atoms with Crippen LogP contribution in [0, 0.1) is 6.92 Å². The van der Waals surface area contributed by atoms with Gasteiger partial charge in [0.05, 0.1) is 6.61 Å². The largest absolute Gasteiger partial charge is 0.494 e. The maximum absolute atomic E-state index is 11.9. The zero-order chi connectivity index (χ0) is 16.7. The van der Waals surface area contributed by atoms with Gasteiger partial charge in [0.1, 0.15) is 11.4 Å². The van der Waals surface area contributed by atoms with Crippen molar-refractivity contribution in [3.8, 4) is 5.75 Å². The highest BCUT2D eigenvalue weighted by molar-refractivity contribution is 5.92. The molecule has 1 heterocycles. The van der Waals surface area contributed by atoms with Crippen molar-refractivity contribution >= 4 is 11.9 Å². The van der Waals surface area contributed by atoms with Crippen molar-refractivity contribution in [3.63, 3.8) is 0 Å². The first-order chi connectivity index (χ1) is 11.0. The fraction of sp³-hybridized carbons (Fsp3) is 0.312. The smallest absolute Gasteiger partial charge is 0.303 e. The molecule has 7 nitrogen and oxygen atoms in total. The Balaban J connectivity index is 1.76. The molecule has 2 aromatic rings. The van der Waals surface area contributed by atoms with Gasteiger partial charge in [0.15, 0.2) is 0 Å². The van der Waals surface area contributed by atoms with Crippen LogP contribution in [0.1, 0.15) is 34.6 Å². The van der Waals surface area contributed by atoms with Crippen molar-refractivity contribution in [2.45, 2.75) is 26.3 Å². The summed E-state index contributed by atoms with van der Waals surface area (Å²) in [6, 6.07) is 8.97. The minimum absolute atomic E-state index is 0.0940. The van der Waals surface area contributed by atoms with E-state index in [1.165, 1.54) is 0 Å². The molecule has 1 aromatic heterocycles. The first kappa shape index (κ1) is 16.5. The van der Waals surface area contributed by atoms with Crippen LogP contribution in [0.25, 0.3) is 0 Å². The van der Waals surface area contributed by atoms with E-state index in [0.29, 0.717) is 31.0 Å². The number of benzene rings is 1. The van der Waals surface area contributed by atoms with Gasteiger partial charge in [-0.3, -0.25) is 14.7 Å². The lowest BCUT2D eigenvalue weighted by molar-refractivity contribution is -0.137. The molecule has 0 unspecified atom stereocenters. The highest BCUT2D eigenvalue weighted by atomic mass is 16.5. The summed E-state index contributed by atoms with van der Waals surface area (Å²) in [5.74, 6) is -0.386. The maximum atomic E-state index is 11.9. The van der Waals surface area contributed by atoms with E-state index < -0.39 is 5.97 Å². The number of rotatable bonds is 8. The third-order valence-corrected chi connectivity index (χ3v) is 3.12. The Morgan fingerprint density at radius 3 is 2.65 bits per heavy atom. The van der Waals surface area contributed by atoms with Gasteiger partial charge in [0.25, 0.3) is 5.91 Å². The van der Waals surface area contributed by atoms with Crippen molar-refractivity contribution in [1.82, 2.24) is 15.5 Å². The molecule has 0 atom stereocenters. The molecule has 0 spiro atoms. The zero-order valence-electron chi connectivity index (χ0n) is 12.8. The number of hydrogen-bond donors (Lipinski definition) is 3. The number of carbonyl (C=O) groups excluding carboxylic acids is 1. The molecule has 0 saturated heterocycles. The van der Waals surface area contributed by atoms with E-state index in [1.54, 1.807) is 18.2 Å². The highest BCUT2D eigenvalue weighted by Gasteiger charge is 2.08. The van der Waals surface area contributed by atoms with E-state index in [-0.39, 0.29) is 12.3 Å². The number of carboxylic acids is 1. The van der Waals surface area contributed by atoms with E-state index in [9.17, 15) is 9.59 Å². The molecule has 1 aromatic carbocycles. The summed E-state index contributed by atoms with van der Waals surface area (Å²) < 4.78 is 5.44. The summed E-state index contributed by atoms with van der Waals surface area (Å²) in [6.45, 7) is 2.59. The molecule has 1 amide bonds. The van der Waals surface area contributed by atoms with E-state index in [0.717, 1.165) is 11.3 Å². The van der Waals surface area contributed by atoms with Crippen LogP contribution in [0.3, 0.4) is 0 Å². The number of H-pyrrole nitrogens is 1. The van der Waals surface area contributed by atoms with E-state index >= 15 is 0 Å². The first-order valence-electron chi connectivity index (χ1n) is 7.28. The van der Waals surface area contributed by atoms with E-state index in [4.69, 9.17) is 9.84 Å². The average Bonchev–Trinajstić information content (AvgIpc) is 2.97. The van der Waals surface area contributed by atoms with Gasteiger partial charge in [0, 0.05) is 18.7 Å². The van der Waals surface area contributed by atoms with Gasteiger partial charge in [-0.05, 0) is 37.1 Å². The molecule has 0 aliphatic heterocycles. The van der Waals surface area contributed by atoms with Crippen LogP contribution in [0.5, 0.6) is 5.75 Å². The highest BCUT2D eigenvalue weighted by Crippen LogP contribution is 2.12. The standard InChI is InChI=1S/C16H19N3O4/c1-11-9-14(19-18-11)16(22)17-10-12-4-6-13(7-5-12)23-8-2-3-15(20)21/h4-7,9H,2-3,8,10H2,1H3,(H,17,22)(H,18,19)(H,20,21). The van der Waals surface area contributed by atoms with Gasteiger partial charge in [-0.25, -0.2) is 0 Å². The number of nitrogens with zero attached hydrogens (tertiary/aromatic N) is 1. The second-order valence-corrected chi connectivity index (χ2v) is 5.11. The topological polar surface area (TPSA) is 104 Å². The van der Waals surface area contributed by atoms with Crippen LogP contribution in [-0.4, -0.2) is 33.8 Å². The van der Waals surface area contributed by atoms with Gasteiger partial charge in [0.2, 0.25) is 0 Å². The Kier molecular flexibility index (Phi) is 5.74. The molecule has 0 radical (unpaired) electrons. The third-order valence-electron chi connectivity index (χ3n) is 3.12. The predicted molar refractivity (Wildman–Crippen MR) is 83.3 cm³/mol. The zero-order valence-corrected chi connectivity index (χ0v) is 12.8. The molecule has 23 heavy (non-hydrogen) atoms. The summed E-state index contributed by atoms with van der Waals surface area (Å²) in [4.78, 5) is 22.3. The SMILES string of the molecule is Cc1cc(C(=O)NCc2ccc(OCCCC(=O)O)cc2)n[nH]1. The molecular formula is C16H19N3O4. The van der Waals surface area contributed by atoms with Gasteiger partial charge in [-0.1, -0.05) is 12.1 Å². The fourth-order valence-electron chi connectivity index (χ4n) is 1.92. The number of nitrogens with one attached hydrogen (secondary N) is 2. The number of hydrogen-bond acceptors (Lipinski definition) is 4. The van der Waals surface area contributed by atoms with Crippen molar-refractivity contribution in [3.05, 3.63) is 47.3 Å². The van der Waals surface area contributed by atoms with Crippen LogP contribution < -0.4 is 10.1 Å². The van der Waals surface area contributed by atoms with E-state index in [1.807, 2.05) is 19.1 Å². The lowest BCUT2D eigenvalue weighted by Crippen LogP contribution is -2.23. The molecule has 2 rings (SSSR count). The Morgan fingerprint density at radius 2 is 2.04 bits per heavy atom. The van der Waals surface area contributed by atoms with Crippen LogP contribution in [0.2, 0.25) is 0 Å². The Labute approximate surface area is 133 Å². The van der Waals surface area contributed by atoms with Gasteiger partial charge in [-0.2, -0.15) is 5.10 Å². The number of carbonyl (C=O) groups is 2. The van der Waals surface area contributed by atoms with Crippen molar-refractivity contribution in [1.29, 1.82) is 0 Å². The number of aryl methyl sites for hydroxylation is 1. The minimum atomic E-state index is -0.827. The molecular weight excluding hydrogens is 298 g/mol. The number of aromatic amines is 1. The van der Waals surface area contributed by atoms with E-state index in [2.05, 4.69) is 15.5 Å². The van der Waals surface area contributed by atoms with Crippen molar-refractivity contribution < 1.29 is 19.4 Å². The Hall–Kier alpha value is -2.83. The molecule has 0 saturated carbocycles. The van der Waals surface area contributed by atoms with Crippen LogP contribution in [-0.2, 0) is 11.3 Å². The third kappa shape index (κ3) is 5.46. The maximum Gasteiger partial charge on any atom is 0.303 e. The molecule has 0 aliphatic rings. The van der Waals surface area contributed by atoms with Gasteiger partial charge >= 0.3 is 5.97 Å². The van der Waals surface area contributed by atoms with Crippen LogP contribution in [0.4, 0.5) is 0 Å². The minimum Gasteiger partial charge on any atom is -0.494 e. The average molecular weight is 317 g/mol. The van der Waals surface area contributed by atoms with Crippen molar-refractivity contribution in [2.75, 3.05) is 6.61 Å². The number of aromatic nitrogens is 2. The number of amides is 1. The molecule has 0 fully saturated rings. The summed E-state index contributed by atoms with van der Waals surface area (Å²) in [5, 5.41) is 17.9. The number of ether oxygens (including phenoxy) is 1. The molecule has 0 aliphatic carbocycles. The first-order valence-corrected chi connectivity index (χ1v) is 7.28. The van der Waals surface area contributed by atoms with Gasteiger partial charge < -0.3 is 15.2 Å². The normalized spacial score (nSPS) is 10.3. The molecule has 0 bridgehead atoms. The summed E-state index contributed by atoms with van der Waals surface area (Å²) >= 11 is 0. The van der Waals surface area contributed by atoms with Crippen LogP contribution in [0.15, 0.2) is 30.3 Å². The summed E-state index contributed by atoms with van der Waals surface area (Å²) in [7, 11) is 0. The summed E-state index contributed by atoms with van der Waals surface area (Å²) in [6.07, 6.45) is 0.563. The summed E-state index contributed by atoms with van der Waals surface area (Å²) in [5.41, 5.74) is 2.13. The number of aliphatic carboxylic acids is 1. The van der Waals surface area contributed by atoms with Crippen molar-refractivity contribution in [2.24, 2.45) is 0 Å². The second kappa shape index (κ2) is 7.98. The molecule has 3 N–H and O–H groups in total. The Morgan fingerprint density at radius 1 is 1.30 bits per heavy atom. The lowest BCUT2D eigenvalue weighted by Gasteiger charge is -2.07. The quantitative estimate of drug-likeness (QED) is 0.645. The number of carboxylic acid groups (broad SMARTS) is 1. The predicted octanol–water partition coefficient (Wildman–Crippen LogP) is 1.89. The van der Waals surface area contributed by atoms with Gasteiger partial charge in [-0.15, -0.1) is 0 Å². The van der Waals surface area contributed by atoms with Crippen LogP contribution >= 0.6 is 0 Å². The Bertz CT molecular complexity index is 664. The molecule has 7 heteroatoms. The lowest BCUT2D eigenvalue weighted by atomic mass is 10.2. The monoisotopic (exact) mass is 317 g/mol. The fourth-order valence-corrected chi connectivity index (χ4v) is 1.92. The molecule has 122 valence electrons.